The average molecular weight is 247 g/mol. The molecule has 0 amide bonds. The lowest BCUT2D eigenvalue weighted by molar-refractivity contribution is 0.171. The van der Waals surface area contributed by atoms with Gasteiger partial charge in [-0.15, -0.1) is 0 Å². The van der Waals surface area contributed by atoms with Crippen molar-refractivity contribution in [2.45, 2.75) is 38.8 Å². The highest BCUT2D eigenvalue weighted by molar-refractivity contribution is 5.43. The molecule has 18 heavy (non-hydrogen) atoms. The lowest BCUT2D eigenvalue weighted by atomic mass is 10.1. The lowest BCUT2D eigenvalue weighted by Crippen LogP contribution is -2.29. The topological polar surface area (TPSA) is 30.5 Å². The Bertz CT molecular complexity index is 415. The van der Waals surface area contributed by atoms with E-state index in [1.807, 2.05) is 6.07 Å². The number of rotatable bonds is 5. The van der Waals surface area contributed by atoms with E-state index in [2.05, 4.69) is 24.4 Å². The molecule has 1 fully saturated rings. The molecule has 98 valence electrons. The molecule has 0 bridgehead atoms. The number of benzene rings is 1. The van der Waals surface area contributed by atoms with Crippen LogP contribution in [0.3, 0.4) is 0 Å². The largest absolute Gasteiger partial charge is 0.486 e. The van der Waals surface area contributed by atoms with Gasteiger partial charge in [0.05, 0.1) is 0 Å². The van der Waals surface area contributed by atoms with Gasteiger partial charge < -0.3 is 14.8 Å². The number of fused-ring (bicyclic) bond motifs is 1. The van der Waals surface area contributed by atoms with Gasteiger partial charge in [0.25, 0.3) is 0 Å². The van der Waals surface area contributed by atoms with Crippen molar-refractivity contribution < 1.29 is 9.47 Å². The van der Waals surface area contributed by atoms with Crippen LogP contribution >= 0.6 is 0 Å². The summed E-state index contributed by atoms with van der Waals surface area (Å²) in [5.41, 5.74) is 1.28. The van der Waals surface area contributed by atoms with Crippen molar-refractivity contribution in [3.05, 3.63) is 23.8 Å². The van der Waals surface area contributed by atoms with Crippen LogP contribution in [-0.2, 0) is 6.54 Å². The predicted molar refractivity (Wildman–Crippen MR) is 71.1 cm³/mol. The van der Waals surface area contributed by atoms with Gasteiger partial charge in [0, 0.05) is 12.6 Å². The molecule has 3 rings (SSSR count). The third kappa shape index (κ3) is 2.61. The molecule has 1 heterocycles. The van der Waals surface area contributed by atoms with Crippen molar-refractivity contribution in [3.63, 3.8) is 0 Å². The van der Waals surface area contributed by atoms with Crippen LogP contribution < -0.4 is 14.8 Å². The molecule has 1 aromatic rings. The first-order valence-electron chi connectivity index (χ1n) is 6.98. The molecular formula is C15H21NO2. The van der Waals surface area contributed by atoms with E-state index in [1.54, 1.807) is 0 Å². The minimum Gasteiger partial charge on any atom is -0.486 e. The van der Waals surface area contributed by atoms with Crippen molar-refractivity contribution >= 4 is 0 Å². The Balaban J connectivity index is 1.61. The van der Waals surface area contributed by atoms with Crippen LogP contribution in [0.5, 0.6) is 11.5 Å². The zero-order chi connectivity index (χ0) is 12.4. The smallest absolute Gasteiger partial charge is 0.161 e. The predicted octanol–water partition coefficient (Wildman–Crippen LogP) is 2.74. The molecule has 0 aromatic heterocycles. The monoisotopic (exact) mass is 247 g/mol. The van der Waals surface area contributed by atoms with E-state index in [9.17, 15) is 0 Å². The van der Waals surface area contributed by atoms with Gasteiger partial charge in [-0.2, -0.15) is 0 Å². The quantitative estimate of drug-likeness (QED) is 0.868. The third-order valence-corrected chi connectivity index (χ3v) is 3.81. The zero-order valence-electron chi connectivity index (χ0n) is 10.9. The first kappa shape index (κ1) is 11.8. The van der Waals surface area contributed by atoms with Gasteiger partial charge in [-0.25, -0.2) is 0 Å². The fourth-order valence-electron chi connectivity index (χ4n) is 2.59. The number of hydrogen-bond acceptors (Lipinski definition) is 3. The molecular weight excluding hydrogens is 226 g/mol. The Labute approximate surface area is 108 Å². The summed E-state index contributed by atoms with van der Waals surface area (Å²) in [4.78, 5) is 0. The first-order chi connectivity index (χ1) is 8.86. The molecule has 1 saturated carbocycles. The summed E-state index contributed by atoms with van der Waals surface area (Å²) in [7, 11) is 0. The maximum absolute atomic E-state index is 5.60. The molecule has 1 aromatic carbocycles. The Morgan fingerprint density at radius 3 is 2.72 bits per heavy atom. The Morgan fingerprint density at radius 2 is 2.00 bits per heavy atom. The second-order valence-corrected chi connectivity index (χ2v) is 5.21. The number of ether oxygens (including phenoxy) is 2. The van der Waals surface area contributed by atoms with Crippen LogP contribution in [0.15, 0.2) is 18.2 Å². The molecule has 2 aliphatic rings. The van der Waals surface area contributed by atoms with Crippen molar-refractivity contribution in [3.8, 4) is 11.5 Å². The minimum atomic E-state index is 0.656. The van der Waals surface area contributed by atoms with Gasteiger partial charge in [0.2, 0.25) is 0 Å². The molecule has 3 nitrogen and oxygen atoms in total. The van der Waals surface area contributed by atoms with Crippen molar-refractivity contribution in [2.24, 2.45) is 5.92 Å². The maximum atomic E-state index is 5.60. The summed E-state index contributed by atoms with van der Waals surface area (Å²) in [6.45, 7) is 4.50. The van der Waals surface area contributed by atoms with Crippen LogP contribution in [0.25, 0.3) is 0 Å². The minimum absolute atomic E-state index is 0.656. The summed E-state index contributed by atoms with van der Waals surface area (Å²) < 4.78 is 11.1. The Kier molecular flexibility index (Phi) is 3.41. The summed E-state index contributed by atoms with van der Waals surface area (Å²) in [5, 5.41) is 3.66. The van der Waals surface area contributed by atoms with Crippen LogP contribution in [0, 0.1) is 5.92 Å². The number of nitrogens with one attached hydrogen (secondary N) is 1. The average Bonchev–Trinajstić information content (AvgIpc) is 3.24. The molecule has 1 aliphatic carbocycles. The number of hydrogen-bond donors (Lipinski definition) is 1. The highest BCUT2D eigenvalue weighted by Gasteiger charge is 2.29. The van der Waals surface area contributed by atoms with Crippen molar-refractivity contribution in [1.29, 1.82) is 0 Å². The van der Waals surface area contributed by atoms with E-state index in [0.29, 0.717) is 19.3 Å². The van der Waals surface area contributed by atoms with Gasteiger partial charge in [0.15, 0.2) is 11.5 Å². The van der Waals surface area contributed by atoms with E-state index >= 15 is 0 Å². The van der Waals surface area contributed by atoms with E-state index < -0.39 is 0 Å². The normalized spacial score (nSPS) is 19.6. The lowest BCUT2D eigenvalue weighted by Gasteiger charge is -2.20. The molecule has 1 N–H and O–H groups in total. The molecule has 3 heteroatoms. The molecule has 1 atom stereocenters. The van der Waals surface area contributed by atoms with E-state index in [-0.39, 0.29) is 0 Å². The molecule has 0 saturated heterocycles. The van der Waals surface area contributed by atoms with E-state index in [1.165, 1.54) is 24.8 Å². The standard InChI is InChI=1S/C15H21NO2/c1-2-13(12-4-5-12)16-10-11-3-6-14-15(9-11)18-8-7-17-14/h3,6,9,12-13,16H,2,4-5,7-8,10H2,1H3. The van der Waals surface area contributed by atoms with E-state index in [0.717, 1.165) is 24.0 Å². The van der Waals surface area contributed by atoms with Crippen LogP contribution in [0.1, 0.15) is 31.7 Å². The van der Waals surface area contributed by atoms with Crippen LogP contribution in [-0.4, -0.2) is 19.3 Å². The fourth-order valence-corrected chi connectivity index (χ4v) is 2.59. The summed E-state index contributed by atoms with van der Waals surface area (Å²) in [6.07, 6.45) is 4.01. The highest BCUT2D eigenvalue weighted by atomic mass is 16.6. The second-order valence-electron chi connectivity index (χ2n) is 5.21. The first-order valence-corrected chi connectivity index (χ1v) is 6.98. The summed E-state index contributed by atoms with van der Waals surface area (Å²) >= 11 is 0. The van der Waals surface area contributed by atoms with Crippen molar-refractivity contribution in [2.75, 3.05) is 13.2 Å². The highest BCUT2D eigenvalue weighted by Crippen LogP contribution is 2.34. The molecule has 1 unspecified atom stereocenters. The van der Waals surface area contributed by atoms with Gasteiger partial charge in [-0.3, -0.25) is 0 Å². The SMILES string of the molecule is CCC(NCc1ccc2c(c1)OCCO2)C1CC1. The molecule has 0 spiro atoms. The van der Waals surface area contributed by atoms with Gasteiger partial charge in [-0.05, 0) is 42.9 Å². The van der Waals surface area contributed by atoms with Crippen LogP contribution in [0.4, 0.5) is 0 Å². The van der Waals surface area contributed by atoms with Gasteiger partial charge in [-0.1, -0.05) is 13.0 Å². The second kappa shape index (κ2) is 5.19. The molecule has 1 aliphatic heterocycles. The fraction of sp³-hybridized carbons (Fsp3) is 0.600. The zero-order valence-corrected chi connectivity index (χ0v) is 10.9. The molecule has 0 radical (unpaired) electrons. The Hall–Kier alpha value is -1.22. The Morgan fingerprint density at radius 1 is 1.22 bits per heavy atom. The maximum Gasteiger partial charge on any atom is 0.161 e. The third-order valence-electron chi connectivity index (χ3n) is 3.81. The van der Waals surface area contributed by atoms with Crippen molar-refractivity contribution in [1.82, 2.24) is 5.32 Å². The summed E-state index contributed by atoms with van der Waals surface area (Å²) in [5.74, 6) is 2.67. The van der Waals surface area contributed by atoms with E-state index in [4.69, 9.17) is 9.47 Å². The van der Waals surface area contributed by atoms with Gasteiger partial charge in [0.1, 0.15) is 13.2 Å². The van der Waals surface area contributed by atoms with Crippen LogP contribution in [0.2, 0.25) is 0 Å². The van der Waals surface area contributed by atoms with Gasteiger partial charge >= 0.3 is 0 Å². The summed E-state index contributed by atoms with van der Waals surface area (Å²) in [6, 6.07) is 6.92.